The number of hydrogen-bond donors (Lipinski definition) is 1. The van der Waals surface area contributed by atoms with Gasteiger partial charge in [-0.2, -0.15) is 0 Å². The lowest BCUT2D eigenvalue weighted by Crippen LogP contribution is -2.04. The second-order valence-corrected chi connectivity index (χ2v) is 6.66. The first-order chi connectivity index (χ1) is 13.1. The summed E-state index contributed by atoms with van der Waals surface area (Å²) >= 11 is 1.45. The van der Waals surface area contributed by atoms with Gasteiger partial charge in [-0.15, -0.1) is 11.3 Å². The fraction of sp³-hybridized carbons (Fsp3) is 0. The minimum atomic E-state index is -0.532. The van der Waals surface area contributed by atoms with Crippen molar-refractivity contribution in [3.8, 4) is 11.8 Å². The third-order valence-electron chi connectivity index (χ3n) is 3.88. The van der Waals surface area contributed by atoms with Gasteiger partial charge >= 0.3 is 0 Å². The number of carbonyl (C=O) groups is 1. The second-order valence-electron chi connectivity index (χ2n) is 5.71. The van der Waals surface area contributed by atoms with E-state index in [9.17, 15) is 14.9 Å². The standard InChI is InChI=1S/C20H11N3O3S/c24-20-18(17-9-15(23(25)26)11-21-19(17)22-20)10-16-8-14(12-27-16)7-6-13-4-2-1-3-5-13/h1-5,8-12H,(H,21,22,24). The van der Waals surface area contributed by atoms with Gasteiger partial charge in [-0.05, 0) is 24.3 Å². The molecule has 0 saturated carbocycles. The number of pyridine rings is 1. The van der Waals surface area contributed by atoms with E-state index in [0.29, 0.717) is 17.0 Å². The van der Waals surface area contributed by atoms with Crippen molar-refractivity contribution >= 4 is 40.4 Å². The Morgan fingerprint density at radius 2 is 1.93 bits per heavy atom. The summed E-state index contributed by atoms with van der Waals surface area (Å²) in [5, 5.41) is 15.5. The lowest BCUT2D eigenvalue weighted by atomic mass is 10.1. The van der Waals surface area contributed by atoms with Crippen LogP contribution in [0.5, 0.6) is 0 Å². The first-order valence-corrected chi connectivity index (χ1v) is 8.81. The zero-order valence-electron chi connectivity index (χ0n) is 13.8. The van der Waals surface area contributed by atoms with Crippen LogP contribution in [0.15, 0.2) is 54.0 Å². The van der Waals surface area contributed by atoms with Crippen molar-refractivity contribution in [3.05, 3.63) is 85.7 Å². The number of rotatable bonds is 2. The van der Waals surface area contributed by atoms with Gasteiger partial charge in [0.2, 0.25) is 0 Å². The van der Waals surface area contributed by atoms with Crippen molar-refractivity contribution in [1.82, 2.24) is 4.98 Å². The summed E-state index contributed by atoms with van der Waals surface area (Å²) in [6, 6.07) is 12.9. The van der Waals surface area contributed by atoms with Crippen LogP contribution in [0.3, 0.4) is 0 Å². The fourth-order valence-electron chi connectivity index (χ4n) is 2.60. The molecule has 0 unspecified atom stereocenters. The maximum absolute atomic E-state index is 12.2. The third kappa shape index (κ3) is 3.47. The summed E-state index contributed by atoms with van der Waals surface area (Å²) < 4.78 is 0. The molecule has 1 aliphatic heterocycles. The highest BCUT2D eigenvalue weighted by Gasteiger charge is 2.27. The minimum absolute atomic E-state index is 0.156. The maximum atomic E-state index is 12.2. The summed E-state index contributed by atoms with van der Waals surface area (Å²) in [6.07, 6.45) is 2.83. The molecule has 0 radical (unpaired) electrons. The average Bonchev–Trinajstić information content (AvgIpc) is 3.25. The van der Waals surface area contributed by atoms with Crippen LogP contribution in [0.25, 0.3) is 11.6 Å². The normalized spacial score (nSPS) is 13.6. The number of thiophene rings is 1. The lowest BCUT2D eigenvalue weighted by Gasteiger charge is -1.97. The van der Waals surface area contributed by atoms with Crippen molar-refractivity contribution in [3.63, 3.8) is 0 Å². The van der Waals surface area contributed by atoms with E-state index in [0.717, 1.165) is 22.2 Å². The van der Waals surface area contributed by atoms with Crippen LogP contribution in [-0.4, -0.2) is 15.8 Å². The largest absolute Gasteiger partial charge is 0.306 e. The molecule has 0 atom stereocenters. The zero-order valence-corrected chi connectivity index (χ0v) is 14.6. The molecule has 130 valence electrons. The summed E-state index contributed by atoms with van der Waals surface area (Å²) in [7, 11) is 0. The molecule has 0 aliphatic carbocycles. The Balaban J connectivity index is 1.65. The Hall–Kier alpha value is -3.76. The van der Waals surface area contributed by atoms with Crippen LogP contribution >= 0.6 is 11.3 Å². The van der Waals surface area contributed by atoms with E-state index in [-0.39, 0.29) is 11.6 Å². The molecule has 2 aromatic heterocycles. The van der Waals surface area contributed by atoms with Crippen molar-refractivity contribution in [2.75, 3.05) is 5.32 Å². The molecule has 1 amide bonds. The van der Waals surface area contributed by atoms with Crippen LogP contribution in [0.4, 0.5) is 11.5 Å². The SMILES string of the molecule is O=C1Nc2ncc([N+](=O)[O-])cc2C1=Cc1cc(C#Cc2ccccc2)cs1. The Kier molecular flexibility index (Phi) is 4.24. The Labute approximate surface area is 158 Å². The van der Waals surface area contributed by atoms with Crippen molar-refractivity contribution in [1.29, 1.82) is 0 Å². The van der Waals surface area contributed by atoms with Gasteiger partial charge < -0.3 is 5.32 Å². The molecular weight excluding hydrogens is 362 g/mol. The fourth-order valence-corrected chi connectivity index (χ4v) is 3.37. The predicted molar refractivity (Wildman–Crippen MR) is 104 cm³/mol. The Bertz CT molecular complexity index is 1150. The molecule has 0 fully saturated rings. The maximum Gasteiger partial charge on any atom is 0.288 e. The highest BCUT2D eigenvalue weighted by Crippen LogP contribution is 2.34. The molecule has 3 heterocycles. The minimum Gasteiger partial charge on any atom is -0.306 e. The number of fused-ring (bicyclic) bond motifs is 1. The van der Waals surface area contributed by atoms with Crippen molar-refractivity contribution < 1.29 is 9.72 Å². The molecule has 6 nitrogen and oxygen atoms in total. The number of aromatic nitrogens is 1. The predicted octanol–water partition coefficient (Wildman–Crippen LogP) is 3.94. The zero-order chi connectivity index (χ0) is 18.8. The van der Waals surface area contributed by atoms with Gasteiger partial charge in [0.1, 0.15) is 12.0 Å². The molecule has 27 heavy (non-hydrogen) atoms. The van der Waals surface area contributed by atoms with Crippen LogP contribution < -0.4 is 5.32 Å². The molecule has 0 bridgehead atoms. The van der Waals surface area contributed by atoms with E-state index >= 15 is 0 Å². The number of carbonyl (C=O) groups excluding carboxylic acids is 1. The quantitative estimate of drug-likeness (QED) is 0.319. The molecule has 1 aliphatic rings. The van der Waals surface area contributed by atoms with Gasteiger partial charge in [-0.25, -0.2) is 4.98 Å². The van der Waals surface area contributed by atoms with Gasteiger partial charge in [0.05, 0.1) is 10.5 Å². The molecule has 4 rings (SSSR count). The van der Waals surface area contributed by atoms with E-state index in [1.165, 1.54) is 17.4 Å². The van der Waals surface area contributed by atoms with Gasteiger partial charge in [-0.1, -0.05) is 30.0 Å². The smallest absolute Gasteiger partial charge is 0.288 e. The van der Waals surface area contributed by atoms with Gasteiger partial charge in [0.25, 0.3) is 11.6 Å². The number of nitrogens with one attached hydrogen (secondary N) is 1. The highest BCUT2D eigenvalue weighted by molar-refractivity contribution is 7.11. The number of benzene rings is 1. The number of anilines is 1. The van der Waals surface area contributed by atoms with E-state index in [2.05, 4.69) is 22.1 Å². The molecule has 3 aromatic rings. The van der Waals surface area contributed by atoms with Crippen LogP contribution in [-0.2, 0) is 4.79 Å². The van der Waals surface area contributed by atoms with Crippen LogP contribution in [0.1, 0.15) is 21.6 Å². The van der Waals surface area contributed by atoms with E-state index in [1.807, 2.05) is 41.8 Å². The summed E-state index contributed by atoms with van der Waals surface area (Å²) in [6.45, 7) is 0. The number of amides is 1. The van der Waals surface area contributed by atoms with Crippen molar-refractivity contribution in [2.45, 2.75) is 0 Å². The Morgan fingerprint density at radius 3 is 2.70 bits per heavy atom. The average molecular weight is 373 g/mol. The van der Waals surface area contributed by atoms with E-state index in [4.69, 9.17) is 0 Å². The summed E-state index contributed by atoms with van der Waals surface area (Å²) in [4.78, 5) is 27.4. The molecule has 0 spiro atoms. The van der Waals surface area contributed by atoms with Crippen LogP contribution in [0.2, 0.25) is 0 Å². The van der Waals surface area contributed by atoms with Crippen molar-refractivity contribution in [2.24, 2.45) is 0 Å². The first kappa shape index (κ1) is 16.7. The summed E-state index contributed by atoms with van der Waals surface area (Å²) in [5.74, 6) is 6.17. The van der Waals surface area contributed by atoms with Crippen LogP contribution in [0, 0.1) is 22.0 Å². The van der Waals surface area contributed by atoms with E-state index in [1.54, 1.807) is 6.08 Å². The molecule has 1 aromatic carbocycles. The molecule has 0 saturated heterocycles. The van der Waals surface area contributed by atoms with Gasteiger partial charge in [0, 0.05) is 33.0 Å². The second kappa shape index (κ2) is 6.86. The van der Waals surface area contributed by atoms with Gasteiger partial charge in [0.15, 0.2) is 0 Å². The molecule has 7 heteroatoms. The van der Waals surface area contributed by atoms with Gasteiger partial charge in [-0.3, -0.25) is 14.9 Å². The lowest BCUT2D eigenvalue weighted by molar-refractivity contribution is -0.385. The summed E-state index contributed by atoms with van der Waals surface area (Å²) in [5.41, 5.74) is 2.39. The Morgan fingerprint density at radius 1 is 1.15 bits per heavy atom. The number of nitro groups is 1. The highest BCUT2D eigenvalue weighted by atomic mass is 32.1. The third-order valence-corrected chi connectivity index (χ3v) is 4.76. The molecule has 1 N–H and O–H groups in total. The molecular formula is C20H11N3O3S. The first-order valence-electron chi connectivity index (χ1n) is 7.93. The monoisotopic (exact) mass is 373 g/mol. The number of hydrogen-bond acceptors (Lipinski definition) is 5. The number of nitrogens with zero attached hydrogens (tertiary/aromatic N) is 2. The topological polar surface area (TPSA) is 85.1 Å². The van der Waals surface area contributed by atoms with E-state index < -0.39 is 4.92 Å².